The quantitative estimate of drug-likeness (QED) is 0.626. The Kier molecular flexibility index (Phi) is 4.47. The van der Waals surface area contributed by atoms with E-state index in [0.29, 0.717) is 25.4 Å². The van der Waals surface area contributed by atoms with Crippen LogP contribution in [0.1, 0.15) is 12.1 Å². The van der Waals surface area contributed by atoms with Gasteiger partial charge in [-0.25, -0.2) is 4.39 Å². The normalized spacial score (nSPS) is 17.4. The molecule has 0 bridgehead atoms. The molecule has 6 nitrogen and oxygen atoms in total. The Balaban J connectivity index is 1.65. The zero-order valence-electron chi connectivity index (χ0n) is 12.4. The summed E-state index contributed by atoms with van der Waals surface area (Å²) in [4.78, 5) is 16.6. The minimum atomic E-state index is -0.609. The molecule has 0 amide bonds. The van der Waals surface area contributed by atoms with Crippen LogP contribution in [0.2, 0.25) is 0 Å². The van der Waals surface area contributed by atoms with Gasteiger partial charge in [0.2, 0.25) is 0 Å². The van der Waals surface area contributed by atoms with Crippen LogP contribution >= 0.6 is 0 Å². The van der Waals surface area contributed by atoms with Crippen molar-refractivity contribution in [2.75, 3.05) is 18.0 Å². The summed E-state index contributed by atoms with van der Waals surface area (Å²) in [6.45, 7) is 1.59. The molecule has 0 N–H and O–H groups in total. The summed E-state index contributed by atoms with van der Waals surface area (Å²) in [5.41, 5.74) is 1.06. The molecule has 7 heteroatoms. The fourth-order valence-electron chi connectivity index (χ4n) is 2.68. The second-order valence-electron chi connectivity index (χ2n) is 5.38. The molecule has 120 valence electrons. The second-order valence-corrected chi connectivity index (χ2v) is 5.38. The van der Waals surface area contributed by atoms with Gasteiger partial charge in [-0.05, 0) is 30.7 Å². The standard InChI is InChI=1S/C16H16FN3O3/c17-12-4-5-15(16(9-12)20(21)22)19-8-6-14(10-19)23-11-13-3-1-2-7-18-13/h1-5,7,9,14H,6,8,10-11H2/t14-/m1/s1. The minimum Gasteiger partial charge on any atom is -0.370 e. The summed E-state index contributed by atoms with van der Waals surface area (Å²) in [6.07, 6.45) is 2.45. The van der Waals surface area contributed by atoms with Crippen molar-refractivity contribution in [3.63, 3.8) is 0 Å². The molecule has 2 aromatic rings. The first-order valence-electron chi connectivity index (χ1n) is 7.34. The van der Waals surface area contributed by atoms with E-state index in [1.165, 1.54) is 12.1 Å². The predicted octanol–water partition coefficient (Wildman–Crippen LogP) is 2.92. The average molecular weight is 317 g/mol. The fraction of sp³-hybridized carbons (Fsp3) is 0.312. The van der Waals surface area contributed by atoms with Crippen molar-refractivity contribution in [1.82, 2.24) is 4.98 Å². The van der Waals surface area contributed by atoms with E-state index in [1.54, 1.807) is 6.20 Å². The second kappa shape index (κ2) is 6.70. The van der Waals surface area contributed by atoms with E-state index in [0.717, 1.165) is 18.2 Å². The lowest BCUT2D eigenvalue weighted by Gasteiger charge is -2.18. The van der Waals surface area contributed by atoms with Gasteiger partial charge in [-0.15, -0.1) is 0 Å². The van der Waals surface area contributed by atoms with Gasteiger partial charge in [0.15, 0.2) is 0 Å². The number of rotatable bonds is 5. The summed E-state index contributed by atoms with van der Waals surface area (Å²) >= 11 is 0. The van der Waals surface area contributed by atoms with Gasteiger partial charge in [0.05, 0.1) is 29.4 Å². The number of ether oxygens (including phenoxy) is 1. The number of benzene rings is 1. The fourth-order valence-corrected chi connectivity index (χ4v) is 2.68. The van der Waals surface area contributed by atoms with Crippen LogP contribution < -0.4 is 4.90 Å². The summed E-state index contributed by atoms with van der Waals surface area (Å²) in [6, 6.07) is 9.27. The summed E-state index contributed by atoms with van der Waals surface area (Å²) < 4.78 is 19.0. The molecule has 0 spiro atoms. The molecule has 1 aliphatic heterocycles. The van der Waals surface area contributed by atoms with Crippen LogP contribution in [0.15, 0.2) is 42.6 Å². The molecular formula is C16H16FN3O3. The molecule has 1 aromatic carbocycles. The number of pyridine rings is 1. The number of hydrogen-bond acceptors (Lipinski definition) is 5. The third kappa shape index (κ3) is 3.62. The number of hydrogen-bond donors (Lipinski definition) is 0. The Morgan fingerprint density at radius 2 is 2.26 bits per heavy atom. The van der Waals surface area contributed by atoms with Gasteiger partial charge in [0.25, 0.3) is 5.69 Å². The lowest BCUT2D eigenvalue weighted by atomic mass is 10.2. The molecule has 2 heterocycles. The maximum absolute atomic E-state index is 13.2. The highest BCUT2D eigenvalue weighted by Gasteiger charge is 2.28. The SMILES string of the molecule is O=[N+]([O-])c1cc(F)ccc1N1CC[C@@H](OCc2ccccn2)C1. The molecule has 1 aliphatic rings. The van der Waals surface area contributed by atoms with Gasteiger partial charge in [-0.3, -0.25) is 15.1 Å². The Morgan fingerprint density at radius 1 is 1.39 bits per heavy atom. The summed E-state index contributed by atoms with van der Waals surface area (Å²) in [5, 5.41) is 11.1. The molecular weight excluding hydrogens is 301 g/mol. The molecule has 3 rings (SSSR count). The lowest BCUT2D eigenvalue weighted by Crippen LogP contribution is -2.23. The van der Waals surface area contributed by atoms with Gasteiger partial charge in [-0.2, -0.15) is 0 Å². The molecule has 23 heavy (non-hydrogen) atoms. The Labute approximate surface area is 132 Å². The summed E-state index contributed by atoms with van der Waals surface area (Å²) in [5.74, 6) is -0.609. The van der Waals surface area contributed by atoms with Crippen LogP contribution in [-0.2, 0) is 11.3 Å². The Bertz CT molecular complexity index is 696. The molecule has 1 fully saturated rings. The Hall–Kier alpha value is -2.54. The average Bonchev–Trinajstić information content (AvgIpc) is 3.02. The predicted molar refractivity (Wildman–Crippen MR) is 82.7 cm³/mol. The van der Waals surface area contributed by atoms with E-state index in [9.17, 15) is 14.5 Å². The first kappa shape index (κ1) is 15.4. The summed E-state index contributed by atoms with van der Waals surface area (Å²) in [7, 11) is 0. The van der Waals surface area contributed by atoms with Gasteiger partial charge < -0.3 is 9.64 Å². The number of nitro benzene ring substituents is 1. The number of aromatic nitrogens is 1. The lowest BCUT2D eigenvalue weighted by molar-refractivity contribution is -0.384. The monoisotopic (exact) mass is 317 g/mol. The van der Waals surface area contributed by atoms with Crippen LogP contribution in [0.4, 0.5) is 15.8 Å². The molecule has 1 aromatic heterocycles. The van der Waals surface area contributed by atoms with E-state index in [-0.39, 0.29) is 11.8 Å². The highest BCUT2D eigenvalue weighted by atomic mass is 19.1. The van der Waals surface area contributed by atoms with Crippen molar-refractivity contribution in [1.29, 1.82) is 0 Å². The van der Waals surface area contributed by atoms with Crippen molar-refractivity contribution in [2.45, 2.75) is 19.1 Å². The number of nitrogens with zero attached hydrogens (tertiary/aromatic N) is 3. The minimum absolute atomic E-state index is 0.0262. The highest BCUT2D eigenvalue weighted by Crippen LogP contribution is 2.32. The largest absolute Gasteiger partial charge is 0.370 e. The van der Waals surface area contributed by atoms with Crippen LogP contribution in [0, 0.1) is 15.9 Å². The first-order chi connectivity index (χ1) is 11.1. The van der Waals surface area contributed by atoms with E-state index >= 15 is 0 Å². The van der Waals surface area contributed by atoms with Crippen molar-refractivity contribution < 1.29 is 14.1 Å². The maximum Gasteiger partial charge on any atom is 0.295 e. The molecule has 0 unspecified atom stereocenters. The van der Waals surface area contributed by atoms with E-state index in [2.05, 4.69) is 4.98 Å². The third-order valence-electron chi connectivity index (χ3n) is 3.81. The van der Waals surface area contributed by atoms with Gasteiger partial charge >= 0.3 is 0 Å². The van der Waals surface area contributed by atoms with E-state index < -0.39 is 10.7 Å². The van der Waals surface area contributed by atoms with E-state index in [4.69, 9.17) is 4.74 Å². The molecule has 1 atom stereocenters. The van der Waals surface area contributed by atoms with Crippen LogP contribution in [-0.4, -0.2) is 29.1 Å². The number of nitro groups is 1. The molecule has 0 radical (unpaired) electrons. The third-order valence-corrected chi connectivity index (χ3v) is 3.81. The Morgan fingerprint density at radius 3 is 3.00 bits per heavy atom. The number of halogens is 1. The smallest absolute Gasteiger partial charge is 0.295 e. The highest BCUT2D eigenvalue weighted by molar-refractivity contribution is 5.63. The zero-order chi connectivity index (χ0) is 16.2. The topological polar surface area (TPSA) is 68.5 Å². The molecule has 0 saturated carbocycles. The van der Waals surface area contributed by atoms with Crippen LogP contribution in [0.3, 0.4) is 0 Å². The molecule has 0 aliphatic carbocycles. The van der Waals surface area contributed by atoms with Gasteiger partial charge in [0, 0.05) is 19.3 Å². The maximum atomic E-state index is 13.2. The van der Waals surface area contributed by atoms with Crippen molar-refractivity contribution in [3.05, 3.63) is 64.2 Å². The molecule has 1 saturated heterocycles. The van der Waals surface area contributed by atoms with Crippen LogP contribution in [0.5, 0.6) is 0 Å². The number of anilines is 1. The first-order valence-corrected chi connectivity index (χ1v) is 7.34. The van der Waals surface area contributed by atoms with Crippen molar-refractivity contribution >= 4 is 11.4 Å². The van der Waals surface area contributed by atoms with Gasteiger partial charge in [-0.1, -0.05) is 6.07 Å². The van der Waals surface area contributed by atoms with E-state index in [1.807, 2.05) is 23.1 Å². The zero-order valence-corrected chi connectivity index (χ0v) is 12.4. The van der Waals surface area contributed by atoms with Gasteiger partial charge in [0.1, 0.15) is 11.5 Å². The van der Waals surface area contributed by atoms with Crippen LogP contribution in [0.25, 0.3) is 0 Å². The van der Waals surface area contributed by atoms with Crippen molar-refractivity contribution in [3.8, 4) is 0 Å². The van der Waals surface area contributed by atoms with Crippen molar-refractivity contribution in [2.24, 2.45) is 0 Å².